The fourth-order valence-electron chi connectivity index (χ4n) is 2.48. The second-order valence-corrected chi connectivity index (χ2v) is 6.06. The summed E-state index contributed by atoms with van der Waals surface area (Å²) in [5.41, 5.74) is 8.32. The third kappa shape index (κ3) is 4.00. The lowest BCUT2D eigenvalue weighted by Gasteiger charge is -2.07. The van der Waals surface area contributed by atoms with E-state index >= 15 is 0 Å². The van der Waals surface area contributed by atoms with Crippen LogP contribution < -0.4 is 11.1 Å². The SMILES string of the molecule is Cc1oc(-c2ccccc2)nc1CCNC(=O)c1cc(Cl)ccc1N. The number of hydrogen-bond donors (Lipinski definition) is 2. The van der Waals surface area contributed by atoms with Gasteiger partial charge >= 0.3 is 0 Å². The van der Waals surface area contributed by atoms with Crippen LogP contribution in [-0.4, -0.2) is 17.4 Å². The van der Waals surface area contributed by atoms with E-state index in [1.807, 2.05) is 37.3 Å². The monoisotopic (exact) mass is 355 g/mol. The van der Waals surface area contributed by atoms with Crippen LogP contribution in [0.15, 0.2) is 52.9 Å². The van der Waals surface area contributed by atoms with Gasteiger partial charge in [0.15, 0.2) is 0 Å². The summed E-state index contributed by atoms with van der Waals surface area (Å²) in [7, 11) is 0. The summed E-state index contributed by atoms with van der Waals surface area (Å²) < 4.78 is 5.72. The Labute approximate surface area is 150 Å². The molecule has 128 valence electrons. The van der Waals surface area contributed by atoms with Gasteiger partial charge in [0.1, 0.15) is 5.76 Å². The van der Waals surface area contributed by atoms with Gasteiger partial charge in [0, 0.05) is 29.2 Å². The van der Waals surface area contributed by atoms with E-state index in [1.54, 1.807) is 18.2 Å². The number of halogens is 1. The second kappa shape index (κ2) is 7.40. The Morgan fingerprint density at radius 2 is 2.00 bits per heavy atom. The molecule has 25 heavy (non-hydrogen) atoms. The van der Waals surface area contributed by atoms with E-state index in [2.05, 4.69) is 10.3 Å². The number of nitrogen functional groups attached to an aromatic ring is 1. The molecule has 0 unspecified atom stereocenters. The lowest BCUT2D eigenvalue weighted by atomic mass is 10.1. The van der Waals surface area contributed by atoms with Crippen LogP contribution in [0.5, 0.6) is 0 Å². The quantitative estimate of drug-likeness (QED) is 0.681. The van der Waals surface area contributed by atoms with Crippen molar-refractivity contribution in [3.63, 3.8) is 0 Å². The summed E-state index contributed by atoms with van der Waals surface area (Å²) in [4.78, 5) is 16.7. The molecule has 0 fully saturated rings. The highest BCUT2D eigenvalue weighted by Crippen LogP contribution is 2.21. The van der Waals surface area contributed by atoms with Crippen LogP contribution in [0.4, 0.5) is 5.69 Å². The number of hydrogen-bond acceptors (Lipinski definition) is 4. The molecule has 6 heteroatoms. The van der Waals surface area contributed by atoms with Gasteiger partial charge in [-0.05, 0) is 37.3 Å². The molecule has 1 heterocycles. The summed E-state index contributed by atoms with van der Waals surface area (Å²) in [5, 5.41) is 3.30. The number of amides is 1. The molecular weight excluding hydrogens is 338 g/mol. The van der Waals surface area contributed by atoms with Crippen LogP contribution in [0, 0.1) is 6.92 Å². The first-order valence-corrected chi connectivity index (χ1v) is 8.27. The Morgan fingerprint density at radius 1 is 1.24 bits per heavy atom. The maximum Gasteiger partial charge on any atom is 0.253 e. The highest BCUT2D eigenvalue weighted by Gasteiger charge is 2.13. The van der Waals surface area contributed by atoms with Crippen LogP contribution in [-0.2, 0) is 6.42 Å². The summed E-state index contributed by atoms with van der Waals surface area (Å²) in [6.07, 6.45) is 0.564. The van der Waals surface area contributed by atoms with Crippen molar-refractivity contribution in [2.45, 2.75) is 13.3 Å². The van der Waals surface area contributed by atoms with E-state index in [4.69, 9.17) is 21.8 Å². The van der Waals surface area contributed by atoms with E-state index < -0.39 is 0 Å². The summed E-state index contributed by atoms with van der Waals surface area (Å²) in [6.45, 7) is 2.29. The lowest BCUT2D eigenvalue weighted by Crippen LogP contribution is -2.26. The normalized spacial score (nSPS) is 10.6. The first kappa shape index (κ1) is 17.0. The number of aryl methyl sites for hydroxylation is 1. The molecule has 0 bridgehead atoms. The molecule has 0 atom stereocenters. The number of oxazole rings is 1. The average Bonchev–Trinajstić information content (AvgIpc) is 2.98. The van der Waals surface area contributed by atoms with Gasteiger partial charge in [-0.15, -0.1) is 0 Å². The zero-order valence-electron chi connectivity index (χ0n) is 13.8. The van der Waals surface area contributed by atoms with E-state index in [-0.39, 0.29) is 5.91 Å². The van der Waals surface area contributed by atoms with Crippen molar-refractivity contribution in [1.82, 2.24) is 10.3 Å². The van der Waals surface area contributed by atoms with Crippen LogP contribution in [0.25, 0.3) is 11.5 Å². The minimum atomic E-state index is -0.260. The molecule has 0 radical (unpaired) electrons. The molecule has 0 saturated carbocycles. The Balaban J connectivity index is 1.63. The van der Waals surface area contributed by atoms with Gasteiger partial charge < -0.3 is 15.5 Å². The van der Waals surface area contributed by atoms with Gasteiger partial charge in [0.2, 0.25) is 5.89 Å². The van der Waals surface area contributed by atoms with Gasteiger partial charge in [0.25, 0.3) is 5.91 Å². The minimum absolute atomic E-state index is 0.260. The van der Waals surface area contributed by atoms with Gasteiger partial charge in [-0.1, -0.05) is 29.8 Å². The molecule has 0 spiro atoms. The summed E-state index contributed by atoms with van der Waals surface area (Å²) >= 11 is 5.91. The fourth-order valence-corrected chi connectivity index (χ4v) is 2.65. The lowest BCUT2D eigenvalue weighted by molar-refractivity contribution is 0.0955. The zero-order valence-corrected chi connectivity index (χ0v) is 14.5. The number of carbonyl (C=O) groups is 1. The molecule has 3 rings (SSSR count). The molecule has 0 aliphatic heterocycles. The van der Waals surface area contributed by atoms with E-state index in [0.29, 0.717) is 35.1 Å². The number of carbonyl (C=O) groups excluding carboxylic acids is 1. The van der Waals surface area contributed by atoms with Crippen molar-refractivity contribution >= 4 is 23.2 Å². The minimum Gasteiger partial charge on any atom is -0.441 e. The number of nitrogens with zero attached hydrogens (tertiary/aromatic N) is 1. The molecule has 0 aliphatic rings. The largest absolute Gasteiger partial charge is 0.441 e. The predicted octanol–water partition coefficient (Wildman–Crippen LogP) is 3.86. The Kier molecular flexibility index (Phi) is 5.05. The van der Waals surface area contributed by atoms with Crippen molar-refractivity contribution in [3.8, 4) is 11.5 Å². The Morgan fingerprint density at radius 3 is 2.76 bits per heavy atom. The van der Waals surface area contributed by atoms with Crippen LogP contribution in [0.1, 0.15) is 21.8 Å². The molecule has 1 aromatic heterocycles. The maximum absolute atomic E-state index is 12.2. The zero-order chi connectivity index (χ0) is 17.8. The first-order valence-electron chi connectivity index (χ1n) is 7.89. The topological polar surface area (TPSA) is 81.2 Å². The van der Waals surface area contributed by atoms with E-state index in [1.165, 1.54) is 0 Å². The van der Waals surface area contributed by atoms with Gasteiger partial charge in [-0.3, -0.25) is 4.79 Å². The Hall–Kier alpha value is -2.79. The van der Waals surface area contributed by atoms with Crippen LogP contribution in [0.3, 0.4) is 0 Å². The highest BCUT2D eigenvalue weighted by molar-refractivity contribution is 6.31. The van der Waals surface area contributed by atoms with Gasteiger partial charge in [0.05, 0.1) is 11.3 Å². The summed E-state index contributed by atoms with van der Waals surface area (Å²) in [6, 6.07) is 14.5. The van der Waals surface area contributed by atoms with Gasteiger partial charge in [-0.2, -0.15) is 0 Å². The van der Waals surface area contributed by atoms with Crippen LogP contribution in [0.2, 0.25) is 5.02 Å². The molecule has 5 nitrogen and oxygen atoms in total. The molecular formula is C19H18ClN3O2. The van der Waals surface area contributed by atoms with Crippen molar-refractivity contribution in [2.24, 2.45) is 0 Å². The maximum atomic E-state index is 12.2. The molecule has 0 aliphatic carbocycles. The van der Waals surface area contributed by atoms with Gasteiger partial charge in [-0.25, -0.2) is 4.98 Å². The van der Waals surface area contributed by atoms with Crippen molar-refractivity contribution in [2.75, 3.05) is 12.3 Å². The Bertz CT molecular complexity index is 891. The number of nitrogens with two attached hydrogens (primary N) is 1. The molecule has 3 aromatic rings. The fraction of sp³-hybridized carbons (Fsp3) is 0.158. The predicted molar refractivity (Wildman–Crippen MR) is 98.6 cm³/mol. The van der Waals surface area contributed by atoms with E-state index in [0.717, 1.165) is 17.0 Å². The number of rotatable bonds is 5. The molecule has 1 amide bonds. The second-order valence-electron chi connectivity index (χ2n) is 5.63. The third-order valence-electron chi connectivity index (χ3n) is 3.82. The van der Waals surface area contributed by atoms with E-state index in [9.17, 15) is 4.79 Å². The van der Waals surface area contributed by atoms with Crippen molar-refractivity contribution < 1.29 is 9.21 Å². The highest BCUT2D eigenvalue weighted by atomic mass is 35.5. The number of nitrogens with one attached hydrogen (secondary N) is 1. The van der Waals surface area contributed by atoms with Crippen LogP contribution >= 0.6 is 11.6 Å². The smallest absolute Gasteiger partial charge is 0.253 e. The number of aromatic nitrogens is 1. The standard InChI is InChI=1S/C19H18ClN3O2/c1-12-17(23-19(25-12)13-5-3-2-4-6-13)9-10-22-18(24)15-11-14(20)7-8-16(15)21/h2-8,11H,9-10,21H2,1H3,(H,22,24). The summed E-state index contributed by atoms with van der Waals surface area (Å²) in [5.74, 6) is 1.07. The van der Waals surface area contributed by atoms with Crippen molar-refractivity contribution in [1.29, 1.82) is 0 Å². The van der Waals surface area contributed by atoms with Crippen molar-refractivity contribution in [3.05, 3.63) is 70.6 Å². The molecule has 0 saturated heterocycles. The third-order valence-corrected chi connectivity index (χ3v) is 4.06. The number of benzene rings is 2. The number of anilines is 1. The average molecular weight is 356 g/mol. The molecule has 3 N–H and O–H groups in total. The first-order chi connectivity index (χ1) is 12.0. The molecule has 2 aromatic carbocycles.